The predicted octanol–water partition coefficient (Wildman–Crippen LogP) is 7.71. The first-order valence-corrected chi connectivity index (χ1v) is 13.5. The minimum atomic E-state index is -4.83. The van der Waals surface area contributed by atoms with E-state index in [2.05, 4.69) is 15.3 Å². The van der Waals surface area contributed by atoms with Crippen molar-refractivity contribution in [1.82, 2.24) is 9.97 Å². The molecule has 2 N–H and O–H groups in total. The smallest absolute Gasteiger partial charge is 0.421 e. The van der Waals surface area contributed by atoms with Crippen molar-refractivity contribution in [3.05, 3.63) is 107 Å². The number of aryl methyl sites for hydroxylation is 1. The van der Waals surface area contributed by atoms with Crippen LogP contribution < -0.4 is 15.0 Å². The molecule has 9 nitrogen and oxygen atoms in total. The SMILES string of the molecule is Cc1ccc(C(=O)N(c2ccc(Oc3ncc(CNc4nc5ccccc5o4)cc3C(F)(F)F)cc2C(=O)O)C(C)C)cc1. The molecule has 0 aliphatic rings. The number of para-hydroxylation sites is 2. The number of oxazole rings is 1. The van der Waals surface area contributed by atoms with Gasteiger partial charge in [0.05, 0.1) is 11.3 Å². The fourth-order valence-corrected chi connectivity index (χ4v) is 4.53. The van der Waals surface area contributed by atoms with Crippen molar-refractivity contribution >= 4 is 34.7 Å². The molecule has 12 heteroatoms. The van der Waals surface area contributed by atoms with Crippen molar-refractivity contribution < 1.29 is 37.0 Å². The number of hydrogen-bond donors (Lipinski definition) is 2. The molecule has 3 aromatic carbocycles. The van der Waals surface area contributed by atoms with Crippen LogP contribution in [0.25, 0.3) is 11.1 Å². The van der Waals surface area contributed by atoms with Crippen molar-refractivity contribution in [3.63, 3.8) is 0 Å². The molecule has 226 valence electrons. The van der Waals surface area contributed by atoms with Crippen molar-refractivity contribution in [3.8, 4) is 11.6 Å². The predicted molar refractivity (Wildman–Crippen MR) is 157 cm³/mol. The number of ether oxygens (including phenoxy) is 1. The number of aromatic nitrogens is 2. The molecule has 0 atom stereocenters. The molecule has 0 aliphatic heterocycles. The molecular formula is C32H27F3N4O5. The Morgan fingerprint density at radius 2 is 1.77 bits per heavy atom. The summed E-state index contributed by atoms with van der Waals surface area (Å²) in [6.07, 6.45) is -3.63. The van der Waals surface area contributed by atoms with Crippen LogP contribution in [0.1, 0.15) is 51.3 Å². The first-order valence-electron chi connectivity index (χ1n) is 13.5. The monoisotopic (exact) mass is 604 g/mol. The summed E-state index contributed by atoms with van der Waals surface area (Å²) in [5, 5.41) is 12.8. The van der Waals surface area contributed by atoms with E-state index >= 15 is 0 Å². The topological polar surface area (TPSA) is 118 Å². The highest BCUT2D eigenvalue weighted by molar-refractivity contribution is 6.09. The highest BCUT2D eigenvalue weighted by Gasteiger charge is 2.36. The van der Waals surface area contributed by atoms with Gasteiger partial charge in [0.2, 0.25) is 5.88 Å². The Morgan fingerprint density at radius 3 is 2.43 bits per heavy atom. The summed E-state index contributed by atoms with van der Waals surface area (Å²) in [7, 11) is 0. The van der Waals surface area contributed by atoms with Crippen LogP contribution >= 0.6 is 0 Å². The number of halogens is 3. The van der Waals surface area contributed by atoms with Crippen LogP contribution in [-0.2, 0) is 12.7 Å². The third-order valence-electron chi connectivity index (χ3n) is 6.66. The Hall–Kier alpha value is -5.39. The van der Waals surface area contributed by atoms with Gasteiger partial charge in [-0.3, -0.25) is 4.79 Å². The minimum Gasteiger partial charge on any atom is -0.478 e. The van der Waals surface area contributed by atoms with Crippen LogP contribution in [0, 0.1) is 6.92 Å². The standard InChI is InChI=1S/C32H27F3N4O5/c1-18(2)39(29(40)21-10-8-19(3)9-11-21)26-13-12-22(15-23(26)30(41)42)43-28-24(32(33,34)35)14-20(16-36-28)17-37-31-38-25-6-4-5-7-27(25)44-31/h4-16,18H,17H2,1-3H3,(H,37,38)(H,41,42). The van der Waals surface area contributed by atoms with Crippen LogP contribution in [0.15, 0.2) is 83.4 Å². The number of amides is 1. The van der Waals surface area contributed by atoms with Crippen LogP contribution in [0.5, 0.6) is 11.6 Å². The number of carbonyl (C=O) groups excluding carboxylic acids is 1. The van der Waals surface area contributed by atoms with Gasteiger partial charge in [0.1, 0.15) is 16.8 Å². The Kier molecular flexibility index (Phi) is 8.26. The van der Waals surface area contributed by atoms with Crippen molar-refractivity contribution in [2.45, 2.75) is 39.5 Å². The number of hydrogen-bond acceptors (Lipinski definition) is 7. The highest BCUT2D eigenvalue weighted by Crippen LogP contribution is 2.38. The lowest BCUT2D eigenvalue weighted by Crippen LogP contribution is -2.38. The van der Waals surface area contributed by atoms with Gasteiger partial charge in [-0.1, -0.05) is 29.8 Å². The first kappa shape index (κ1) is 30.1. The maximum absolute atomic E-state index is 14.1. The summed E-state index contributed by atoms with van der Waals surface area (Å²) in [6, 6.07) is 18.1. The molecule has 1 amide bonds. The minimum absolute atomic E-state index is 0.0649. The van der Waals surface area contributed by atoms with E-state index in [1.807, 2.05) is 6.92 Å². The van der Waals surface area contributed by atoms with Gasteiger partial charge < -0.3 is 24.5 Å². The van der Waals surface area contributed by atoms with Crippen LogP contribution in [0.4, 0.5) is 24.9 Å². The number of nitrogens with one attached hydrogen (secondary N) is 1. The van der Waals surface area contributed by atoms with Crippen LogP contribution in [0.2, 0.25) is 0 Å². The zero-order valence-electron chi connectivity index (χ0n) is 23.8. The quantitative estimate of drug-likeness (QED) is 0.176. The van der Waals surface area contributed by atoms with Crippen molar-refractivity contribution in [2.75, 3.05) is 10.2 Å². The van der Waals surface area contributed by atoms with Gasteiger partial charge in [-0.15, -0.1) is 0 Å². The van der Waals surface area contributed by atoms with Crippen molar-refractivity contribution in [1.29, 1.82) is 0 Å². The number of aromatic carboxylic acids is 1. The second kappa shape index (κ2) is 12.1. The number of nitrogens with zero attached hydrogens (tertiary/aromatic N) is 3. The number of carboxylic acid groups (broad SMARTS) is 1. The largest absolute Gasteiger partial charge is 0.478 e. The average molecular weight is 605 g/mol. The van der Waals surface area contributed by atoms with E-state index in [4.69, 9.17) is 9.15 Å². The van der Waals surface area contributed by atoms with E-state index < -0.39 is 35.5 Å². The number of alkyl halides is 3. The number of carbonyl (C=O) groups is 2. The molecule has 2 aromatic heterocycles. The summed E-state index contributed by atoms with van der Waals surface area (Å²) in [4.78, 5) is 35.1. The molecular weight excluding hydrogens is 577 g/mol. The van der Waals surface area contributed by atoms with E-state index in [0.717, 1.165) is 17.7 Å². The number of benzene rings is 3. The van der Waals surface area contributed by atoms with Gasteiger partial charge in [-0.05, 0) is 74.9 Å². The number of carboxylic acids is 1. The van der Waals surface area contributed by atoms with E-state index in [1.54, 1.807) is 62.4 Å². The van der Waals surface area contributed by atoms with Crippen LogP contribution in [-0.4, -0.2) is 33.0 Å². The third-order valence-corrected chi connectivity index (χ3v) is 6.66. The molecule has 0 bridgehead atoms. The van der Waals surface area contributed by atoms with Gasteiger partial charge in [0.25, 0.3) is 11.9 Å². The zero-order valence-corrected chi connectivity index (χ0v) is 23.8. The lowest BCUT2D eigenvalue weighted by atomic mass is 10.1. The average Bonchev–Trinajstić information content (AvgIpc) is 3.40. The fraction of sp³-hybridized carbons (Fsp3) is 0.188. The van der Waals surface area contributed by atoms with Gasteiger partial charge in [-0.25, -0.2) is 9.78 Å². The molecule has 0 radical (unpaired) electrons. The molecule has 5 aromatic rings. The van der Waals surface area contributed by atoms with E-state index in [9.17, 15) is 27.9 Å². The highest BCUT2D eigenvalue weighted by atomic mass is 19.4. The second-order valence-corrected chi connectivity index (χ2v) is 10.3. The third kappa shape index (κ3) is 6.48. The lowest BCUT2D eigenvalue weighted by Gasteiger charge is -2.28. The number of pyridine rings is 1. The summed E-state index contributed by atoms with van der Waals surface area (Å²) in [5.74, 6) is -2.78. The Bertz CT molecular complexity index is 1800. The van der Waals surface area contributed by atoms with Crippen LogP contribution in [0.3, 0.4) is 0 Å². The number of rotatable bonds is 9. The normalized spacial score (nSPS) is 11.5. The molecule has 0 fully saturated rings. The lowest BCUT2D eigenvalue weighted by molar-refractivity contribution is -0.138. The fourth-order valence-electron chi connectivity index (χ4n) is 4.53. The molecule has 0 spiro atoms. The summed E-state index contributed by atoms with van der Waals surface area (Å²) in [6.45, 7) is 5.25. The molecule has 5 rings (SSSR count). The molecule has 44 heavy (non-hydrogen) atoms. The number of fused-ring (bicyclic) bond motifs is 1. The maximum Gasteiger partial charge on any atom is 0.421 e. The molecule has 2 heterocycles. The van der Waals surface area contributed by atoms with E-state index in [0.29, 0.717) is 16.7 Å². The van der Waals surface area contributed by atoms with Gasteiger partial charge in [0, 0.05) is 24.3 Å². The summed E-state index contributed by atoms with van der Waals surface area (Å²) in [5.41, 5.74) is 1.17. The van der Waals surface area contributed by atoms with Gasteiger partial charge in [0.15, 0.2) is 5.58 Å². The number of anilines is 2. The van der Waals surface area contributed by atoms with E-state index in [-0.39, 0.29) is 35.1 Å². The zero-order chi connectivity index (χ0) is 31.6. The molecule has 0 saturated heterocycles. The van der Waals surface area contributed by atoms with E-state index in [1.165, 1.54) is 23.2 Å². The van der Waals surface area contributed by atoms with Gasteiger partial charge in [-0.2, -0.15) is 18.2 Å². The Morgan fingerprint density at radius 1 is 1.05 bits per heavy atom. The summed E-state index contributed by atoms with van der Waals surface area (Å²) < 4.78 is 53.2. The molecule has 0 unspecified atom stereocenters. The van der Waals surface area contributed by atoms with Gasteiger partial charge >= 0.3 is 12.1 Å². The second-order valence-electron chi connectivity index (χ2n) is 10.3. The molecule has 0 saturated carbocycles. The van der Waals surface area contributed by atoms with Crippen molar-refractivity contribution in [2.24, 2.45) is 0 Å². The Balaban J connectivity index is 1.42. The first-order chi connectivity index (χ1) is 20.9. The maximum atomic E-state index is 14.1. The molecule has 0 aliphatic carbocycles. The summed E-state index contributed by atoms with van der Waals surface area (Å²) >= 11 is 0. The Labute approximate surface area is 249 Å².